The fourth-order valence-corrected chi connectivity index (χ4v) is 6.64. The molecule has 1 aromatic rings. The lowest BCUT2D eigenvalue weighted by Crippen LogP contribution is -2.60. The van der Waals surface area contributed by atoms with E-state index in [-0.39, 0.29) is 68.7 Å². The van der Waals surface area contributed by atoms with Gasteiger partial charge >= 0.3 is 0 Å². The maximum Gasteiger partial charge on any atom is 0.290 e. The second-order valence-corrected chi connectivity index (χ2v) is 15.4. The van der Waals surface area contributed by atoms with Crippen LogP contribution in [0.15, 0.2) is 41.4 Å². The largest absolute Gasteiger partial charge is 0.508 e. The SMILES string of the molecule is CC[C@H](C)[C@H]1NC(=O)C(=O)[C@H](CCCN=C(N)N)NC(=O)[C@@H]2CCCN2C(=O)[C@@H](NC(=O)[C@H](C)NC(=O)CC(C)C)CNC(=O)C=C[C@H](Cc2ccc(O)cc2)NC1=O. The van der Waals surface area contributed by atoms with Crippen molar-refractivity contribution < 1.29 is 43.5 Å². The number of guanidine groups is 1. The second-order valence-electron chi connectivity index (χ2n) is 15.4. The maximum atomic E-state index is 14.2. The van der Waals surface area contributed by atoms with Crippen molar-refractivity contribution in [2.75, 3.05) is 19.6 Å². The van der Waals surface area contributed by atoms with Crippen molar-refractivity contribution >= 4 is 53.1 Å². The Morgan fingerprint density at radius 1 is 0.983 bits per heavy atom. The van der Waals surface area contributed by atoms with Crippen molar-refractivity contribution in [3.8, 4) is 5.75 Å². The summed E-state index contributed by atoms with van der Waals surface area (Å²) < 4.78 is 0. The van der Waals surface area contributed by atoms with E-state index in [0.29, 0.717) is 18.4 Å². The monoisotopic (exact) mass is 824 g/mol. The lowest BCUT2D eigenvalue weighted by atomic mass is 9.96. The van der Waals surface area contributed by atoms with Crippen LogP contribution in [0.4, 0.5) is 0 Å². The van der Waals surface area contributed by atoms with Crippen LogP contribution in [0.3, 0.4) is 0 Å². The van der Waals surface area contributed by atoms with Crippen molar-refractivity contribution in [2.45, 2.75) is 116 Å². The molecule has 0 aliphatic carbocycles. The standard InChI is InChI=1S/C40H60N10O9/c1-6-23(4)33-37(57)46-26(20-25-11-14-27(51)15-12-25)13-16-31(52)44-21-29(48-35(55)24(5)45-32(53)19-22(2)3)39(59)50-18-8-10-30(50)36(56)47-28(34(54)38(58)49-33)9-7-17-43-40(41)42/h11-16,22-24,26,28-30,33,51H,6-10,17-21H2,1-5H3,(H,44,52)(H,45,53)(H,46,57)(H,47,56)(H,48,55)(H,49,58)(H4,41,42,43)/t23-,24-,26+,28-,29-,30-,33+/m0/s1. The third-order valence-electron chi connectivity index (χ3n) is 10.1. The van der Waals surface area contributed by atoms with E-state index in [1.165, 1.54) is 30.0 Å². The first-order chi connectivity index (χ1) is 27.9. The number of phenolic OH excluding ortho intramolecular Hbond substituents is 1. The number of hydrogen-bond acceptors (Lipinski definition) is 10. The molecular formula is C40H60N10O9. The molecule has 1 aromatic carbocycles. The minimum absolute atomic E-state index is 0.0203. The Morgan fingerprint density at radius 3 is 2.32 bits per heavy atom. The highest BCUT2D eigenvalue weighted by atomic mass is 16.3. The minimum atomic E-state index is -1.40. The number of Topliss-reactive ketones (excluding diaryl/α,β-unsaturated/α-hetero) is 1. The van der Waals surface area contributed by atoms with Crippen LogP contribution in [-0.2, 0) is 44.8 Å². The number of phenols is 1. The molecule has 0 bridgehead atoms. The van der Waals surface area contributed by atoms with Crippen molar-refractivity contribution in [1.29, 1.82) is 0 Å². The molecule has 3 rings (SSSR count). The van der Waals surface area contributed by atoms with Crippen molar-refractivity contribution in [1.82, 2.24) is 36.8 Å². The van der Waals surface area contributed by atoms with E-state index in [2.05, 4.69) is 36.9 Å². The van der Waals surface area contributed by atoms with Gasteiger partial charge in [0.05, 0.1) is 12.1 Å². The Kier molecular flexibility index (Phi) is 18.3. The predicted octanol–water partition coefficient (Wildman–Crippen LogP) is -1.23. The van der Waals surface area contributed by atoms with E-state index in [4.69, 9.17) is 11.5 Å². The lowest BCUT2D eigenvalue weighted by Gasteiger charge is -2.30. The summed E-state index contributed by atoms with van der Waals surface area (Å²) in [6, 6.07) is -0.819. The van der Waals surface area contributed by atoms with Gasteiger partial charge in [-0.15, -0.1) is 0 Å². The molecule has 2 aliphatic heterocycles. The van der Waals surface area contributed by atoms with Crippen molar-refractivity contribution in [2.24, 2.45) is 28.3 Å². The maximum absolute atomic E-state index is 14.2. The molecule has 1 saturated heterocycles. The minimum Gasteiger partial charge on any atom is -0.508 e. The van der Waals surface area contributed by atoms with Crippen LogP contribution in [0, 0.1) is 11.8 Å². The molecule has 0 unspecified atom stereocenters. The number of nitrogens with one attached hydrogen (secondary N) is 6. The molecule has 2 aliphatic rings. The first-order valence-corrected chi connectivity index (χ1v) is 20.0. The Bertz CT molecular complexity index is 1750. The molecule has 19 heteroatoms. The Hall–Kier alpha value is -6.01. The highest BCUT2D eigenvalue weighted by Crippen LogP contribution is 2.20. The highest BCUT2D eigenvalue weighted by molar-refractivity contribution is 6.38. The van der Waals surface area contributed by atoms with Gasteiger partial charge in [-0.3, -0.25) is 43.3 Å². The van der Waals surface area contributed by atoms with E-state index < -0.39 is 89.9 Å². The van der Waals surface area contributed by atoms with Crippen LogP contribution in [0.1, 0.15) is 78.7 Å². The normalized spacial score (nSPS) is 23.3. The zero-order valence-electron chi connectivity index (χ0n) is 34.4. The molecular weight excluding hydrogens is 765 g/mol. The number of ketones is 1. The van der Waals surface area contributed by atoms with Crippen molar-refractivity contribution in [3.05, 3.63) is 42.0 Å². The molecule has 19 nitrogen and oxygen atoms in total. The van der Waals surface area contributed by atoms with E-state index in [9.17, 15) is 43.5 Å². The summed E-state index contributed by atoms with van der Waals surface area (Å²) in [6.07, 6.45) is 3.99. The average Bonchev–Trinajstić information content (AvgIpc) is 3.68. The number of amides is 7. The van der Waals surface area contributed by atoms with Gasteiger partial charge in [-0.2, -0.15) is 0 Å². The summed E-state index contributed by atoms with van der Waals surface area (Å²) in [7, 11) is 0. The topological polar surface area (TPSA) is 297 Å². The number of aliphatic imine (C=N–C) groups is 1. The number of nitrogens with two attached hydrogens (primary N) is 2. The van der Waals surface area contributed by atoms with Crippen LogP contribution in [0.2, 0.25) is 0 Å². The zero-order chi connectivity index (χ0) is 43.8. The van der Waals surface area contributed by atoms with Gasteiger partial charge in [-0.05, 0) is 68.6 Å². The summed E-state index contributed by atoms with van der Waals surface area (Å²) >= 11 is 0. The number of fused-ring (bicyclic) bond motifs is 1. The van der Waals surface area contributed by atoms with Crippen molar-refractivity contribution in [3.63, 3.8) is 0 Å². The summed E-state index contributed by atoms with van der Waals surface area (Å²) in [4.78, 5) is 114. The van der Waals surface area contributed by atoms with Crippen LogP contribution in [0.5, 0.6) is 5.75 Å². The molecule has 0 aromatic heterocycles. The second kappa shape index (κ2) is 22.8. The molecule has 0 radical (unpaired) electrons. The number of benzene rings is 1. The van der Waals surface area contributed by atoms with Crippen LogP contribution >= 0.6 is 0 Å². The van der Waals surface area contributed by atoms with E-state index in [1.807, 2.05) is 13.8 Å². The van der Waals surface area contributed by atoms with Gasteiger partial charge in [0, 0.05) is 32.1 Å². The Labute approximate surface area is 344 Å². The van der Waals surface area contributed by atoms with Crippen LogP contribution in [0.25, 0.3) is 0 Å². The number of hydrogen-bond donors (Lipinski definition) is 9. The van der Waals surface area contributed by atoms with Crippen LogP contribution in [-0.4, -0.2) is 119 Å². The third-order valence-corrected chi connectivity index (χ3v) is 10.1. The fourth-order valence-electron chi connectivity index (χ4n) is 6.64. The molecule has 2 heterocycles. The summed E-state index contributed by atoms with van der Waals surface area (Å²) in [6.45, 7) is 8.43. The molecule has 7 amide bonds. The van der Waals surface area contributed by atoms with E-state index >= 15 is 0 Å². The van der Waals surface area contributed by atoms with Gasteiger partial charge in [0.1, 0.15) is 29.9 Å². The summed E-state index contributed by atoms with van der Waals surface area (Å²) in [5.74, 6) is -6.63. The van der Waals surface area contributed by atoms with Gasteiger partial charge in [0.2, 0.25) is 41.2 Å². The molecule has 324 valence electrons. The average molecular weight is 825 g/mol. The van der Waals surface area contributed by atoms with E-state index in [0.717, 1.165) is 6.08 Å². The van der Waals surface area contributed by atoms with Gasteiger partial charge in [-0.1, -0.05) is 52.3 Å². The van der Waals surface area contributed by atoms with Gasteiger partial charge in [0.15, 0.2) is 5.96 Å². The zero-order valence-corrected chi connectivity index (χ0v) is 34.4. The molecule has 1 fully saturated rings. The number of rotatable bonds is 13. The Balaban J connectivity index is 2.05. The molecule has 0 spiro atoms. The molecule has 11 N–H and O–H groups in total. The lowest BCUT2D eigenvalue weighted by molar-refractivity contribution is -0.144. The van der Waals surface area contributed by atoms with Crippen LogP contribution < -0.4 is 43.4 Å². The number of carbonyl (C=O) groups is 8. The number of nitrogens with zero attached hydrogens (tertiary/aromatic N) is 2. The molecule has 0 saturated carbocycles. The summed E-state index contributed by atoms with van der Waals surface area (Å²) in [5, 5.41) is 25.7. The smallest absolute Gasteiger partial charge is 0.290 e. The van der Waals surface area contributed by atoms with Gasteiger partial charge in [-0.25, -0.2) is 0 Å². The van der Waals surface area contributed by atoms with E-state index in [1.54, 1.807) is 26.0 Å². The third kappa shape index (κ3) is 15.0. The van der Waals surface area contributed by atoms with Gasteiger partial charge in [0.25, 0.3) is 5.91 Å². The fraction of sp³-hybridized carbons (Fsp3) is 0.575. The number of aromatic hydroxyl groups is 1. The number of carbonyl (C=O) groups excluding carboxylic acids is 8. The predicted molar refractivity (Wildman–Crippen MR) is 218 cm³/mol. The quantitative estimate of drug-likeness (QED) is 0.0491. The Morgan fingerprint density at radius 2 is 1.68 bits per heavy atom. The molecule has 59 heavy (non-hydrogen) atoms. The molecule has 7 atom stereocenters. The first kappa shape index (κ1) is 47.4. The highest BCUT2D eigenvalue weighted by Gasteiger charge is 2.40. The summed E-state index contributed by atoms with van der Waals surface area (Å²) in [5.41, 5.74) is 11.6. The van der Waals surface area contributed by atoms with Gasteiger partial charge < -0.3 is 53.4 Å². The first-order valence-electron chi connectivity index (χ1n) is 20.0.